The smallest absolute Gasteiger partial charge is 0.191 e. The molecule has 0 aromatic carbocycles. The molecule has 0 heterocycles. The lowest BCUT2D eigenvalue weighted by atomic mass is 10.2. The molecular weight excluding hydrogens is 224 g/mol. The van der Waals surface area contributed by atoms with E-state index >= 15 is 0 Å². The van der Waals surface area contributed by atoms with Gasteiger partial charge in [-0.05, 0) is 39.7 Å². The third kappa shape index (κ3) is 5.71. The van der Waals surface area contributed by atoms with Crippen LogP contribution in [0.15, 0.2) is 4.99 Å². The Kier molecular flexibility index (Phi) is 6.47. The van der Waals surface area contributed by atoms with Gasteiger partial charge in [-0.3, -0.25) is 9.89 Å². The molecule has 0 spiro atoms. The molecule has 0 radical (unpaired) electrons. The Labute approximate surface area is 112 Å². The van der Waals surface area contributed by atoms with Gasteiger partial charge in [-0.25, -0.2) is 0 Å². The van der Waals surface area contributed by atoms with Gasteiger partial charge < -0.3 is 10.6 Å². The normalized spacial score (nSPS) is 18.3. The Morgan fingerprint density at radius 2 is 1.94 bits per heavy atom. The van der Waals surface area contributed by atoms with Crippen molar-refractivity contribution in [3.8, 4) is 0 Å². The molecule has 1 saturated carbocycles. The Hall–Kier alpha value is -0.770. The van der Waals surface area contributed by atoms with Gasteiger partial charge in [-0.2, -0.15) is 0 Å². The molecule has 4 nitrogen and oxygen atoms in total. The number of likely N-dealkylation sites (N-methyl/N-ethyl adjacent to an activating group) is 1. The molecule has 0 amide bonds. The predicted octanol–water partition coefficient (Wildman–Crippen LogP) is 1.68. The minimum Gasteiger partial charge on any atom is -0.357 e. The second-order valence-electron chi connectivity index (χ2n) is 5.74. The molecule has 18 heavy (non-hydrogen) atoms. The first kappa shape index (κ1) is 15.3. The van der Waals surface area contributed by atoms with E-state index in [2.05, 4.69) is 55.3 Å². The molecule has 0 saturated heterocycles. The van der Waals surface area contributed by atoms with Gasteiger partial charge >= 0.3 is 0 Å². The number of hydrogen-bond acceptors (Lipinski definition) is 2. The first-order valence-corrected chi connectivity index (χ1v) is 7.28. The van der Waals surface area contributed by atoms with Crippen LogP contribution in [0.4, 0.5) is 0 Å². The standard InChI is InChI=1S/C14H30N4/c1-6-15-14(16-9-11(2)3)17-10-12(4)18(5)13-7-8-13/h11-13H,6-10H2,1-5H3,(H2,15,16,17). The Morgan fingerprint density at radius 1 is 1.28 bits per heavy atom. The Bertz CT molecular complexity index is 259. The van der Waals surface area contributed by atoms with Crippen molar-refractivity contribution in [3.63, 3.8) is 0 Å². The van der Waals surface area contributed by atoms with Gasteiger partial charge in [-0.15, -0.1) is 0 Å². The summed E-state index contributed by atoms with van der Waals surface area (Å²) in [6, 6.07) is 1.37. The molecule has 1 aliphatic carbocycles. The van der Waals surface area contributed by atoms with Crippen LogP contribution in [-0.4, -0.2) is 49.6 Å². The molecule has 4 heteroatoms. The van der Waals surface area contributed by atoms with Crippen LogP contribution < -0.4 is 10.6 Å². The van der Waals surface area contributed by atoms with E-state index in [4.69, 9.17) is 0 Å². The maximum absolute atomic E-state index is 4.58. The first-order chi connectivity index (χ1) is 8.54. The van der Waals surface area contributed by atoms with Gasteiger partial charge in [0.15, 0.2) is 5.96 Å². The zero-order valence-corrected chi connectivity index (χ0v) is 12.7. The lowest BCUT2D eigenvalue weighted by molar-refractivity contribution is 0.247. The van der Waals surface area contributed by atoms with Gasteiger partial charge in [0.25, 0.3) is 0 Å². The average molecular weight is 254 g/mol. The number of hydrogen-bond donors (Lipinski definition) is 2. The highest BCUT2D eigenvalue weighted by atomic mass is 15.2. The van der Waals surface area contributed by atoms with Gasteiger partial charge in [0.2, 0.25) is 0 Å². The summed E-state index contributed by atoms with van der Waals surface area (Å²) in [4.78, 5) is 7.05. The molecule has 1 atom stereocenters. The van der Waals surface area contributed by atoms with E-state index in [1.54, 1.807) is 0 Å². The van der Waals surface area contributed by atoms with Crippen molar-refractivity contribution in [1.29, 1.82) is 0 Å². The topological polar surface area (TPSA) is 39.7 Å². The summed E-state index contributed by atoms with van der Waals surface area (Å²) < 4.78 is 0. The van der Waals surface area contributed by atoms with Crippen molar-refractivity contribution < 1.29 is 0 Å². The van der Waals surface area contributed by atoms with Crippen LogP contribution in [0.25, 0.3) is 0 Å². The van der Waals surface area contributed by atoms with Crippen LogP contribution in [0.5, 0.6) is 0 Å². The Balaban J connectivity index is 2.33. The van der Waals surface area contributed by atoms with Gasteiger partial charge in [-0.1, -0.05) is 13.8 Å². The van der Waals surface area contributed by atoms with E-state index in [0.29, 0.717) is 12.0 Å². The SMILES string of the molecule is CCNC(=NCC(C)C)NCC(C)N(C)C1CC1. The van der Waals surface area contributed by atoms with Gasteiger partial charge in [0.1, 0.15) is 0 Å². The summed E-state index contributed by atoms with van der Waals surface area (Å²) >= 11 is 0. The van der Waals surface area contributed by atoms with E-state index < -0.39 is 0 Å². The number of nitrogens with one attached hydrogen (secondary N) is 2. The molecular formula is C14H30N4. The highest BCUT2D eigenvalue weighted by Gasteiger charge is 2.28. The van der Waals surface area contributed by atoms with Crippen LogP contribution in [-0.2, 0) is 0 Å². The number of guanidine groups is 1. The summed E-state index contributed by atoms with van der Waals surface area (Å²) in [6.07, 6.45) is 2.73. The van der Waals surface area contributed by atoms with Crippen molar-refractivity contribution in [2.75, 3.05) is 26.7 Å². The monoisotopic (exact) mass is 254 g/mol. The number of aliphatic imine (C=N–C) groups is 1. The Morgan fingerprint density at radius 3 is 2.44 bits per heavy atom. The molecule has 1 unspecified atom stereocenters. The van der Waals surface area contributed by atoms with E-state index in [9.17, 15) is 0 Å². The number of rotatable bonds is 7. The predicted molar refractivity (Wildman–Crippen MR) is 79.1 cm³/mol. The van der Waals surface area contributed by atoms with E-state index in [0.717, 1.165) is 31.6 Å². The average Bonchev–Trinajstić information content (AvgIpc) is 3.15. The summed E-state index contributed by atoms with van der Waals surface area (Å²) in [7, 11) is 2.22. The largest absolute Gasteiger partial charge is 0.357 e. The second-order valence-corrected chi connectivity index (χ2v) is 5.74. The lowest BCUT2D eigenvalue weighted by Crippen LogP contribution is -2.45. The van der Waals surface area contributed by atoms with Crippen molar-refractivity contribution in [3.05, 3.63) is 0 Å². The first-order valence-electron chi connectivity index (χ1n) is 7.28. The lowest BCUT2D eigenvalue weighted by Gasteiger charge is -2.25. The van der Waals surface area contributed by atoms with Crippen molar-refractivity contribution in [2.45, 2.75) is 52.6 Å². The van der Waals surface area contributed by atoms with Crippen LogP contribution in [0, 0.1) is 5.92 Å². The summed E-state index contributed by atoms with van der Waals surface area (Å²) in [5.74, 6) is 1.55. The highest BCUT2D eigenvalue weighted by molar-refractivity contribution is 5.79. The quantitative estimate of drug-likeness (QED) is 0.536. The highest BCUT2D eigenvalue weighted by Crippen LogP contribution is 2.26. The zero-order chi connectivity index (χ0) is 13.5. The fourth-order valence-electron chi connectivity index (χ4n) is 1.85. The van der Waals surface area contributed by atoms with E-state index in [1.807, 2.05) is 0 Å². The summed E-state index contributed by atoms with van der Waals surface area (Å²) in [5.41, 5.74) is 0. The van der Waals surface area contributed by atoms with Crippen LogP contribution in [0.2, 0.25) is 0 Å². The third-order valence-corrected chi connectivity index (χ3v) is 3.34. The van der Waals surface area contributed by atoms with Crippen molar-refractivity contribution in [2.24, 2.45) is 10.9 Å². The molecule has 1 rings (SSSR count). The maximum Gasteiger partial charge on any atom is 0.191 e. The third-order valence-electron chi connectivity index (χ3n) is 3.34. The van der Waals surface area contributed by atoms with Crippen LogP contribution in [0.1, 0.15) is 40.5 Å². The number of nitrogens with zero attached hydrogens (tertiary/aromatic N) is 2. The van der Waals surface area contributed by atoms with Crippen molar-refractivity contribution in [1.82, 2.24) is 15.5 Å². The molecule has 0 aliphatic heterocycles. The molecule has 1 aliphatic rings. The van der Waals surface area contributed by atoms with Crippen LogP contribution >= 0.6 is 0 Å². The minimum atomic E-state index is 0.556. The fourth-order valence-corrected chi connectivity index (χ4v) is 1.85. The van der Waals surface area contributed by atoms with E-state index in [-0.39, 0.29) is 0 Å². The van der Waals surface area contributed by atoms with E-state index in [1.165, 1.54) is 12.8 Å². The molecule has 1 fully saturated rings. The van der Waals surface area contributed by atoms with Gasteiger partial charge in [0.05, 0.1) is 0 Å². The fraction of sp³-hybridized carbons (Fsp3) is 0.929. The summed E-state index contributed by atoms with van der Waals surface area (Å²) in [6.45, 7) is 11.5. The van der Waals surface area contributed by atoms with Crippen molar-refractivity contribution >= 4 is 5.96 Å². The minimum absolute atomic E-state index is 0.556. The van der Waals surface area contributed by atoms with Gasteiger partial charge in [0, 0.05) is 31.7 Å². The molecule has 2 N–H and O–H groups in total. The van der Waals surface area contributed by atoms with Crippen LogP contribution in [0.3, 0.4) is 0 Å². The molecule has 106 valence electrons. The zero-order valence-electron chi connectivity index (χ0n) is 12.7. The molecule has 0 bridgehead atoms. The second kappa shape index (κ2) is 7.62. The molecule has 0 aromatic rings. The maximum atomic E-state index is 4.58. The molecule has 0 aromatic heterocycles. The summed E-state index contributed by atoms with van der Waals surface area (Å²) in [5, 5.41) is 6.73.